The Labute approximate surface area is 122 Å². The number of pyridine rings is 1. The predicted octanol–water partition coefficient (Wildman–Crippen LogP) is 1.66. The van der Waals surface area contributed by atoms with Crippen molar-refractivity contribution in [1.82, 2.24) is 4.98 Å². The van der Waals surface area contributed by atoms with E-state index in [2.05, 4.69) is 9.17 Å². The quantitative estimate of drug-likeness (QED) is 0.621. The van der Waals surface area contributed by atoms with E-state index in [-0.39, 0.29) is 12.2 Å². The fraction of sp³-hybridized carbons (Fsp3) is 0.357. The number of unbranched alkanes of at least 4 members (excludes halogenated alkanes) is 1. The van der Waals surface area contributed by atoms with E-state index in [1.54, 1.807) is 12.1 Å². The normalized spacial score (nSPS) is 11.7. The van der Waals surface area contributed by atoms with Gasteiger partial charge in [0.25, 0.3) is 10.1 Å². The molecule has 0 saturated heterocycles. The minimum absolute atomic E-state index is 0.155. The van der Waals surface area contributed by atoms with Crippen LogP contribution in [0.3, 0.4) is 0 Å². The molecule has 0 saturated carbocycles. The number of aromatic amines is 1. The Hall–Kier alpha value is -1.86. The molecule has 21 heavy (non-hydrogen) atoms. The average Bonchev–Trinajstić information content (AvgIpc) is 2.41. The summed E-state index contributed by atoms with van der Waals surface area (Å²) in [5, 5.41) is 0.934. The lowest BCUT2D eigenvalue weighted by Gasteiger charge is -2.07. The molecule has 6 nitrogen and oxygen atoms in total. The summed E-state index contributed by atoms with van der Waals surface area (Å²) in [7, 11) is -3.37. The molecule has 0 unspecified atom stereocenters. The summed E-state index contributed by atoms with van der Waals surface area (Å²) in [6.45, 7) is 0.614. The zero-order valence-corrected chi connectivity index (χ0v) is 12.5. The lowest BCUT2D eigenvalue weighted by Crippen LogP contribution is -2.06. The first-order valence-electron chi connectivity index (χ1n) is 6.54. The maximum absolute atomic E-state index is 11.2. The lowest BCUT2D eigenvalue weighted by molar-refractivity contribution is 0.270. The first kappa shape index (κ1) is 15.5. The van der Waals surface area contributed by atoms with Gasteiger partial charge in [0, 0.05) is 12.1 Å². The second-order valence-corrected chi connectivity index (χ2v) is 6.30. The molecule has 1 N–H and O–H groups in total. The molecule has 1 aromatic carbocycles. The van der Waals surface area contributed by atoms with E-state index < -0.39 is 10.1 Å². The van der Waals surface area contributed by atoms with Gasteiger partial charge in [0.05, 0.1) is 25.0 Å². The van der Waals surface area contributed by atoms with Crippen molar-refractivity contribution in [2.75, 3.05) is 19.5 Å². The third kappa shape index (κ3) is 5.20. The summed E-state index contributed by atoms with van der Waals surface area (Å²) in [6, 6.07) is 8.69. The smallest absolute Gasteiger partial charge is 0.264 e. The number of ether oxygens (including phenoxy) is 1. The van der Waals surface area contributed by atoms with Gasteiger partial charge < -0.3 is 9.72 Å². The van der Waals surface area contributed by atoms with Gasteiger partial charge in [-0.2, -0.15) is 8.42 Å². The molecule has 1 heterocycles. The second-order valence-electron chi connectivity index (χ2n) is 4.65. The minimum Gasteiger partial charge on any atom is -0.494 e. The number of rotatable bonds is 7. The number of hydrogen-bond acceptors (Lipinski definition) is 5. The summed E-state index contributed by atoms with van der Waals surface area (Å²) >= 11 is 0. The molecular weight excluding hydrogens is 294 g/mol. The van der Waals surface area contributed by atoms with Crippen molar-refractivity contribution in [1.29, 1.82) is 0 Å². The molecule has 0 atom stereocenters. The Morgan fingerprint density at radius 3 is 2.57 bits per heavy atom. The third-order valence-corrected chi connectivity index (χ3v) is 3.40. The SMILES string of the molecule is CS(=O)(=O)OCCCCOc1ccc2ccc(=O)[nH]c2c1. The van der Waals surface area contributed by atoms with Gasteiger partial charge in [-0.25, -0.2) is 0 Å². The van der Waals surface area contributed by atoms with Crippen LogP contribution in [0.5, 0.6) is 5.75 Å². The van der Waals surface area contributed by atoms with E-state index in [4.69, 9.17) is 4.74 Å². The molecule has 7 heteroatoms. The van der Waals surface area contributed by atoms with Crippen molar-refractivity contribution in [2.24, 2.45) is 0 Å². The Balaban J connectivity index is 1.82. The summed E-state index contributed by atoms with van der Waals surface area (Å²) in [6.07, 6.45) is 2.30. The van der Waals surface area contributed by atoms with E-state index >= 15 is 0 Å². The first-order chi connectivity index (χ1) is 9.94. The van der Waals surface area contributed by atoms with Gasteiger partial charge in [0.1, 0.15) is 5.75 Å². The lowest BCUT2D eigenvalue weighted by atomic mass is 10.2. The van der Waals surface area contributed by atoms with Gasteiger partial charge in [-0.1, -0.05) is 0 Å². The van der Waals surface area contributed by atoms with E-state index in [1.807, 2.05) is 12.1 Å². The van der Waals surface area contributed by atoms with Crippen LogP contribution in [0.1, 0.15) is 12.8 Å². The molecule has 0 bridgehead atoms. The number of hydrogen-bond donors (Lipinski definition) is 1. The molecule has 0 amide bonds. The number of fused-ring (bicyclic) bond motifs is 1. The summed E-state index contributed by atoms with van der Waals surface area (Å²) in [5.74, 6) is 0.661. The van der Waals surface area contributed by atoms with E-state index in [9.17, 15) is 13.2 Å². The topological polar surface area (TPSA) is 85.5 Å². The third-order valence-electron chi connectivity index (χ3n) is 2.80. The first-order valence-corrected chi connectivity index (χ1v) is 8.36. The van der Waals surface area contributed by atoms with Gasteiger partial charge in [-0.3, -0.25) is 8.98 Å². The Kier molecular flexibility index (Phi) is 4.98. The monoisotopic (exact) mass is 311 g/mol. The van der Waals surface area contributed by atoms with Crippen molar-refractivity contribution in [3.8, 4) is 5.75 Å². The zero-order valence-electron chi connectivity index (χ0n) is 11.7. The molecule has 0 aliphatic carbocycles. The number of nitrogens with one attached hydrogen (secondary N) is 1. The standard InChI is InChI=1S/C14H17NO5S/c1-21(17,18)20-9-3-2-8-19-12-6-4-11-5-7-14(16)15-13(11)10-12/h4-7,10H,2-3,8-9H2,1H3,(H,15,16). The molecule has 0 aliphatic heterocycles. The van der Waals surface area contributed by atoms with Crippen LogP contribution in [-0.4, -0.2) is 32.9 Å². The highest BCUT2D eigenvalue weighted by Crippen LogP contribution is 2.18. The molecular formula is C14H17NO5S. The van der Waals surface area contributed by atoms with Crippen molar-refractivity contribution < 1.29 is 17.3 Å². The van der Waals surface area contributed by atoms with E-state index in [0.29, 0.717) is 25.2 Å². The maximum Gasteiger partial charge on any atom is 0.264 e. The molecule has 0 aliphatic rings. The van der Waals surface area contributed by atoms with Crippen LogP contribution in [0.2, 0.25) is 0 Å². The van der Waals surface area contributed by atoms with Gasteiger partial charge in [-0.15, -0.1) is 0 Å². The molecule has 2 rings (SSSR count). The summed E-state index contributed by atoms with van der Waals surface area (Å²) in [5.41, 5.74) is 0.568. The van der Waals surface area contributed by atoms with Crippen LogP contribution < -0.4 is 10.3 Å². The predicted molar refractivity (Wildman–Crippen MR) is 80.1 cm³/mol. The molecule has 114 valence electrons. The molecule has 1 aromatic heterocycles. The second kappa shape index (κ2) is 6.73. The van der Waals surface area contributed by atoms with E-state index in [0.717, 1.165) is 17.2 Å². The largest absolute Gasteiger partial charge is 0.494 e. The van der Waals surface area contributed by atoms with Crippen LogP contribution in [-0.2, 0) is 14.3 Å². The van der Waals surface area contributed by atoms with Crippen LogP contribution in [0.25, 0.3) is 10.9 Å². The van der Waals surface area contributed by atoms with Crippen molar-refractivity contribution in [2.45, 2.75) is 12.8 Å². The number of aromatic nitrogens is 1. The maximum atomic E-state index is 11.2. The number of H-pyrrole nitrogens is 1. The fourth-order valence-electron chi connectivity index (χ4n) is 1.82. The van der Waals surface area contributed by atoms with Gasteiger partial charge >= 0.3 is 0 Å². The highest BCUT2D eigenvalue weighted by molar-refractivity contribution is 7.85. The summed E-state index contributed by atoms with van der Waals surface area (Å²) in [4.78, 5) is 14.0. The van der Waals surface area contributed by atoms with Crippen molar-refractivity contribution in [3.05, 3.63) is 40.7 Å². The Morgan fingerprint density at radius 2 is 1.81 bits per heavy atom. The van der Waals surface area contributed by atoms with Crippen LogP contribution in [0.15, 0.2) is 35.1 Å². The number of benzene rings is 1. The van der Waals surface area contributed by atoms with Gasteiger partial charge in [0.2, 0.25) is 5.56 Å². The summed E-state index contributed by atoms with van der Waals surface area (Å²) < 4.78 is 31.7. The Bertz CT molecular complexity index is 766. The highest BCUT2D eigenvalue weighted by Gasteiger charge is 2.01. The zero-order chi connectivity index (χ0) is 15.3. The molecule has 0 radical (unpaired) electrons. The molecule has 0 spiro atoms. The van der Waals surface area contributed by atoms with Gasteiger partial charge in [0.15, 0.2) is 0 Å². The fourth-order valence-corrected chi connectivity index (χ4v) is 2.24. The van der Waals surface area contributed by atoms with Crippen LogP contribution >= 0.6 is 0 Å². The van der Waals surface area contributed by atoms with Crippen molar-refractivity contribution in [3.63, 3.8) is 0 Å². The average molecular weight is 311 g/mol. The van der Waals surface area contributed by atoms with Crippen LogP contribution in [0, 0.1) is 0 Å². The van der Waals surface area contributed by atoms with Crippen LogP contribution in [0.4, 0.5) is 0 Å². The Morgan fingerprint density at radius 1 is 1.10 bits per heavy atom. The molecule has 2 aromatic rings. The van der Waals surface area contributed by atoms with Crippen molar-refractivity contribution >= 4 is 21.0 Å². The highest BCUT2D eigenvalue weighted by atomic mass is 32.2. The molecule has 0 fully saturated rings. The van der Waals surface area contributed by atoms with Gasteiger partial charge in [-0.05, 0) is 36.4 Å². The van der Waals surface area contributed by atoms with E-state index in [1.165, 1.54) is 6.07 Å². The minimum atomic E-state index is -3.37.